The summed E-state index contributed by atoms with van der Waals surface area (Å²) in [6, 6.07) is 12.6. The maximum absolute atomic E-state index is 13.4. The van der Waals surface area contributed by atoms with Gasteiger partial charge in [-0.2, -0.15) is 13.2 Å². The number of hydrogen-bond acceptors (Lipinski definition) is 1. The lowest BCUT2D eigenvalue weighted by molar-refractivity contribution is -0.180. The number of hydrogen-bond donors (Lipinski definition) is 0. The molecule has 122 valence electrons. The van der Waals surface area contributed by atoms with Gasteiger partial charge in [-0.3, -0.25) is 4.40 Å². The lowest BCUT2D eigenvalue weighted by Crippen LogP contribution is -2.36. The highest BCUT2D eigenvalue weighted by Gasteiger charge is 2.48. The van der Waals surface area contributed by atoms with Crippen molar-refractivity contribution in [2.75, 3.05) is 0 Å². The first-order chi connectivity index (χ1) is 11.3. The second-order valence-electron chi connectivity index (χ2n) is 6.52. The van der Waals surface area contributed by atoms with Crippen LogP contribution in [-0.4, -0.2) is 15.6 Å². The zero-order chi connectivity index (χ0) is 17.1. The molecule has 0 atom stereocenters. The zero-order valence-electron chi connectivity index (χ0n) is 13.2. The van der Waals surface area contributed by atoms with E-state index in [4.69, 9.17) is 0 Å². The van der Waals surface area contributed by atoms with Crippen LogP contribution in [0.2, 0.25) is 0 Å². The Hall–Kier alpha value is -2.56. The molecule has 2 heterocycles. The van der Waals surface area contributed by atoms with Crippen LogP contribution >= 0.6 is 0 Å². The minimum atomic E-state index is -4.31. The summed E-state index contributed by atoms with van der Waals surface area (Å²) in [5.74, 6) is 0. The van der Waals surface area contributed by atoms with E-state index in [0.29, 0.717) is 0 Å². The quantitative estimate of drug-likeness (QED) is 0.423. The number of aromatic nitrogens is 2. The first-order valence-corrected chi connectivity index (χ1v) is 7.65. The summed E-state index contributed by atoms with van der Waals surface area (Å²) in [6.07, 6.45) is -0.775. The van der Waals surface area contributed by atoms with Gasteiger partial charge in [0.1, 0.15) is 5.65 Å². The van der Waals surface area contributed by atoms with Crippen LogP contribution < -0.4 is 0 Å². The zero-order valence-corrected chi connectivity index (χ0v) is 13.2. The van der Waals surface area contributed by atoms with Crippen molar-refractivity contribution in [2.45, 2.75) is 25.4 Å². The fourth-order valence-corrected chi connectivity index (χ4v) is 3.12. The van der Waals surface area contributed by atoms with Gasteiger partial charge in [-0.15, -0.1) is 0 Å². The fraction of sp³-hybridized carbons (Fsp3) is 0.211. The molecular weight excluding hydrogens is 313 g/mol. The smallest absolute Gasteiger partial charge is 0.299 e. The van der Waals surface area contributed by atoms with Gasteiger partial charge in [-0.1, -0.05) is 30.3 Å². The van der Waals surface area contributed by atoms with E-state index < -0.39 is 11.6 Å². The molecule has 2 nitrogen and oxygen atoms in total. The predicted octanol–water partition coefficient (Wildman–Crippen LogP) is 5.48. The van der Waals surface area contributed by atoms with E-state index in [1.165, 1.54) is 13.8 Å². The molecule has 2 aromatic heterocycles. The monoisotopic (exact) mass is 328 g/mol. The number of rotatable bonds is 1. The first-order valence-electron chi connectivity index (χ1n) is 7.65. The SMILES string of the molecule is CC(C)(c1ccc2c(c1)c1ccccc1c1nccn21)C(F)(F)F. The second-order valence-corrected chi connectivity index (χ2v) is 6.52. The number of pyridine rings is 1. The third-order valence-electron chi connectivity index (χ3n) is 4.79. The van der Waals surface area contributed by atoms with Crippen molar-refractivity contribution in [1.29, 1.82) is 0 Å². The molecule has 0 spiro atoms. The van der Waals surface area contributed by atoms with Gasteiger partial charge in [0.15, 0.2) is 0 Å². The Morgan fingerprint density at radius 3 is 2.33 bits per heavy atom. The van der Waals surface area contributed by atoms with Crippen molar-refractivity contribution in [3.8, 4) is 0 Å². The molecule has 0 unspecified atom stereocenters. The van der Waals surface area contributed by atoms with Gasteiger partial charge in [0.25, 0.3) is 0 Å². The molecule has 0 saturated heterocycles. The number of fused-ring (bicyclic) bond motifs is 6. The van der Waals surface area contributed by atoms with E-state index in [9.17, 15) is 13.2 Å². The molecule has 0 aliphatic rings. The number of nitrogens with zero attached hydrogens (tertiary/aromatic N) is 2. The third kappa shape index (κ3) is 1.94. The molecule has 0 N–H and O–H groups in total. The highest BCUT2D eigenvalue weighted by atomic mass is 19.4. The van der Waals surface area contributed by atoms with Gasteiger partial charge in [0, 0.05) is 23.2 Å². The molecule has 4 aromatic rings. The van der Waals surface area contributed by atoms with Crippen LogP contribution in [0, 0.1) is 0 Å². The van der Waals surface area contributed by atoms with E-state index in [1.54, 1.807) is 24.4 Å². The minimum Gasteiger partial charge on any atom is -0.299 e. The largest absolute Gasteiger partial charge is 0.397 e. The Morgan fingerprint density at radius 1 is 0.917 bits per heavy atom. The normalized spacial score (nSPS) is 13.2. The van der Waals surface area contributed by atoms with Crippen LogP contribution in [0.15, 0.2) is 54.9 Å². The van der Waals surface area contributed by atoms with Crippen molar-refractivity contribution in [2.24, 2.45) is 0 Å². The van der Waals surface area contributed by atoms with Crippen LogP contribution in [0.4, 0.5) is 13.2 Å². The molecule has 0 bridgehead atoms. The summed E-state index contributed by atoms with van der Waals surface area (Å²) in [5.41, 5.74) is 0.00241. The van der Waals surface area contributed by atoms with Gasteiger partial charge in [0.2, 0.25) is 0 Å². The maximum Gasteiger partial charge on any atom is 0.397 e. The van der Waals surface area contributed by atoms with Crippen molar-refractivity contribution in [3.63, 3.8) is 0 Å². The van der Waals surface area contributed by atoms with E-state index in [2.05, 4.69) is 4.98 Å². The van der Waals surface area contributed by atoms with Crippen LogP contribution in [0.5, 0.6) is 0 Å². The van der Waals surface area contributed by atoms with Crippen LogP contribution in [0.3, 0.4) is 0 Å². The summed E-state index contributed by atoms with van der Waals surface area (Å²) in [5, 5.41) is 2.63. The number of benzene rings is 2. The average Bonchev–Trinajstić information content (AvgIpc) is 3.03. The fourth-order valence-electron chi connectivity index (χ4n) is 3.12. The van der Waals surface area contributed by atoms with E-state index >= 15 is 0 Å². The van der Waals surface area contributed by atoms with Crippen LogP contribution in [-0.2, 0) is 5.41 Å². The Kier molecular flexibility index (Phi) is 2.95. The molecule has 2 aromatic carbocycles. The molecule has 0 fully saturated rings. The molecular formula is C19H15F3N2. The highest BCUT2D eigenvalue weighted by molar-refractivity contribution is 6.11. The van der Waals surface area contributed by atoms with Gasteiger partial charge in [-0.05, 0) is 36.9 Å². The predicted molar refractivity (Wildman–Crippen MR) is 89.3 cm³/mol. The lowest BCUT2D eigenvalue weighted by atomic mass is 9.83. The van der Waals surface area contributed by atoms with Crippen molar-refractivity contribution >= 4 is 27.3 Å². The van der Waals surface area contributed by atoms with E-state index in [0.717, 1.165) is 27.3 Å². The number of imidazole rings is 1. The van der Waals surface area contributed by atoms with E-state index in [-0.39, 0.29) is 5.56 Å². The van der Waals surface area contributed by atoms with Crippen molar-refractivity contribution in [3.05, 3.63) is 60.4 Å². The average molecular weight is 328 g/mol. The standard InChI is InChI=1S/C19H15F3N2/c1-18(2,19(20,21)22)12-7-8-16-15(11-12)13-5-3-4-6-14(13)17-23-9-10-24(16)17/h3-11H,1-2H3. The molecule has 0 aliphatic heterocycles. The Balaban J connectivity index is 2.14. The molecule has 24 heavy (non-hydrogen) atoms. The first kappa shape index (κ1) is 15.0. The minimum absolute atomic E-state index is 0.257. The van der Waals surface area contributed by atoms with Gasteiger partial charge in [0.05, 0.1) is 10.9 Å². The maximum atomic E-state index is 13.4. The molecule has 5 heteroatoms. The van der Waals surface area contributed by atoms with Crippen molar-refractivity contribution in [1.82, 2.24) is 9.38 Å². The molecule has 0 radical (unpaired) electrons. The summed E-state index contributed by atoms with van der Waals surface area (Å²) in [6.45, 7) is 2.43. The number of alkyl halides is 3. The molecule has 0 saturated carbocycles. The number of halogens is 3. The molecule has 4 rings (SSSR count). The van der Waals surface area contributed by atoms with Gasteiger partial charge >= 0.3 is 6.18 Å². The lowest BCUT2D eigenvalue weighted by Gasteiger charge is -2.28. The Bertz CT molecular complexity index is 1070. The van der Waals surface area contributed by atoms with Crippen LogP contribution in [0.1, 0.15) is 19.4 Å². The van der Waals surface area contributed by atoms with Gasteiger partial charge < -0.3 is 0 Å². The van der Waals surface area contributed by atoms with Gasteiger partial charge in [-0.25, -0.2) is 4.98 Å². The topological polar surface area (TPSA) is 17.3 Å². The van der Waals surface area contributed by atoms with Crippen LogP contribution in [0.25, 0.3) is 27.3 Å². The van der Waals surface area contributed by atoms with Crippen molar-refractivity contribution < 1.29 is 13.2 Å². The Morgan fingerprint density at radius 2 is 1.62 bits per heavy atom. The molecule has 0 amide bonds. The Labute approximate surface area is 136 Å². The second kappa shape index (κ2) is 4.72. The summed E-state index contributed by atoms with van der Waals surface area (Å²) < 4.78 is 42.2. The summed E-state index contributed by atoms with van der Waals surface area (Å²) in [4.78, 5) is 4.39. The molecule has 0 aliphatic carbocycles. The van der Waals surface area contributed by atoms with E-state index in [1.807, 2.05) is 34.9 Å². The highest BCUT2D eigenvalue weighted by Crippen LogP contribution is 2.42. The third-order valence-corrected chi connectivity index (χ3v) is 4.79. The summed E-state index contributed by atoms with van der Waals surface area (Å²) >= 11 is 0. The summed E-state index contributed by atoms with van der Waals surface area (Å²) in [7, 11) is 0.